The molecule has 2 fully saturated rings. The Hall–Kier alpha value is -0.0800. The number of nitrogens with one attached hydrogen (secondary N) is 1. The van der Waals surface area contributed by atoms with E-state index < -0.39 is 0 Å². The number of fused-ring (bicyclic) bond motifs is 1. The van der Waals surface area contributed by atoms with Crippen molar-refractivity contribution in [3.8, 4) is 0 Å². The highest BCUT2D eigenvalue weighted by molar-refractivity contribution is 4.89. The maximum atomic E-state index is 5.95. The van der Waals surface area contributed by atoms with Crippen LogP contribution in [0.2, 0.25) is 0 Å². The van der Waals surface area contributed by atoms with Crippen molar-refractivity contribution in [2.24, 2.45) is 5.92 Å². The van der Waals surface area contributed by atoms with Crippen LogP contribution < -0.4 is 5.32 Å². The van der Waals surface area contributed by atoms with Gasteiger partial charge < -0.3 is 10.1 Å². The van der Waals surface area contributed by atoms with Crippen LogP contribution in [0.1, 0.15) is 46.0 Å². The second-order valence-electron chi connectivity index (χ2n) is 4.97. The van der Waals surface area contributed by atoms with Gasteiger partial charge in [0.05, 0.1) is 12.2 Å². The first-order chi connectivity index (χ1) is 6.79. The molecule has 1 saturated heterocycles. The Bertz CT molecular complexity index is 183. The Morgan fingerprint density at radius 3 is 3.00 bits per heavy atom. The molecule has 2 rings (SSSR count). The lowest BCUT2D eigenvalue weighted by Gasteiger charge is -2.42. The predicted molar refractivity (Wildman–Crippen MR) is 58.4 cm³/mol. The van der Waals surface area contributed by atoms with E-state index in [-0.39, 0.29) is 0 Å². The summed E-state index contributed by atoms with van der Waals surface area (Å²) in [5.74, 6) is 0.950. The fourth-order valence-electron chi connectivity index (χ4n) is 2.94. The molecule has 0 amide bonds. The van der Waals surface area contributed by atoms with Gasteiger partial charge in [0.2, 0.25) is 0 Å². The van der Waals surface area contributed by atoms with Gasteiger partial charge in [-0.05, 0) is 32.1 Å². The summed E-state index contributed by atoms with van der Waals surface area (Å²) in [6, 6.07) is 0.650. The van der Waals surface area contributed by atoms with Crippen LogP contribution in [-0.4, -0.2) is 24.8 Å². The standard InChI is InChI=1S/C12H23NO/c1-3-4-10-5-6-12-11(7-10)13-8-9(2)14-12/h9-13H,3-8H2,1-2H3. The average molecular weight is 197 g/mol. The zero-order valence-electron chi connectivity index (χ0n) is 9.46. The number of rotatable bonds is 2. The van der Waals surface area contributed by atoms with Crippen LogP contribution >= 0.6 is 0 Å². The van der Waals surface area contributed by atoms with Crippen LogP contribution in [-0.2, 0) is 4.74 Å². The molecular formula is C12H23NO. The molecule has 1 N–H and O–H groups in total. The number of ether oxygens (including phenoxy) is 1. The third kappa shape index (κ3) is 2.29. The van der Waals surface area contributed by atoms with E-state index in [1.54, 1.807) is 0 Å². The van der Waals surface area contributed by atoms with Crippen molar-refractivity contribution in [1.29, 1.82) is 0 Å². The maximum absolute atomic E-state index is 5.95. The van der Waals surface area contributed by atoms with Crippen molar-refractivity contribution in [2.45, 2.75) is 64.2 Å². The predicted octanol–water partition coefficient (Wildman–Crippen LogP) is 2.33. The summed E-state index contributed by atoms with van der Waals surface area (Å²) in [7, 11) is 0. The first kappa shape index (κ1) is 10.4. The van der Waals surface area contributed by atoms with Gasteiger partial charge in [-0.25, -0.2) is 0 Å². The van der Waals surface area contributed by atoms with Crippen molar-refractivity contribution < 1.29 is 4.74 Å². The van der Waals surface area contributed by atoms with Crippen molar-refractivity contribution in [2.75, 3.05) is 6.54 Å². The average Bonchev–Trinajstić information content (AvgIpc) is 2.19. The first-order valence-corrected chi connectivity index (χ1v) is 6.18. The Balaban J connectivity index is 1.85. The third-order valence-corrected chi connectivity index (χ3v) is 3.67. The lowest BCUT2D eigenvalue weighted by atomic mass is 9.80. The van der Waals surface area contributed by atoms with Gasteiger partial charge in [0, 0.05) is 12.6 Å². The normalized spacial score (nSPS) is 43.3. The zero-order valence-corrected chi connectivity index (χ0v) is 9.46. The molecule has 0 radical (unpaired) electrons. The SMILES string of the molecule is CCCC1CCC2OC(C)CNC2C1. The van der Waals surface area contributed by atoms with E-state index >= 15 is 0 Å². The number of hydrogen-bond donors (Lipinski definition) is 1. The molecule has 1 aliphatic carbocycles. The number of hydrogen-bond acceptors (Lipinski definition) is 2. The molecule has 1 aliphatic heterocycles. The lowest BCUT2D eigenvalue weighted by Crippen LogP contribution is -2.54. The molecule has 2 nitrogen and oxygen atoms in total. The minimum absolute atomic E-state index is 0.416. The fraction of sp³-hybridized carbons (Fsp3) is 1.00. The molecular weight excluding hydrogens is 174 g/mol. The van der Waals surface area contributed by atoms with Crippen LogP contribution in [0, 0.1) is 5.92 Å². The van der Waals surface area contributed by atoms with Gasteiger partial charge in [0.15, 0.2) is 0 Å². The van der Waals surface area contributed by atoms with Gasteiger partial charge in [-0.2, -0.15) is 0 Å². The monoisotopic (exact) mass is 197 g/mol. The smallest absolute Gasteiger partial charge is 0.0732 e. The summed E-state index contributed by atoms with van der Waals surface area (Å²) in [5, 5.41) is 3.63. The summed E-state index contributed by atoms with van der Waals surface area (Å²) in [6.07, 6.45) is 7.65. The highest BCUT2D eigenvalue weighted by Crippen LogP contribution is 2.31. The zero-order chi connectivity index (χ0) is 9.97. The molecule has 1 saturated carbocycles. The van der Waals surface area contributed by atoms with Crippen molar-refractivity contribution in [1.82, 2.24) is 5.32 Å². The highest BCUT2D eigenvalue weighted by atomic mass is 16.5. The molecule has 4 unspecified atom stereocenters. The van der Waals surface area contributed by atoms with Crippen molar-refractivity contribution in [3.05, 3.63) is 0 Å². The van der Waals surface area contributed by atoms with Crippen LogP contribution in [0.5, 0.6) is 0 Å². The van der Waals surface area contributed by atoms with Crippen molar-refractivity contribution >= 4 is 0 Å². The quantitative estimate of drug-likeness (QED) is 0.733. The topological polar surface area (TPSA) is 21.3 Å². The lowest BCUT2D eigenvalue weighted by molar-refractivity contribution is -0.0775. The summed E-state index contributed by atoms with van der Waals surface area (Å²) < 4.78 is 5.95. The van der Waals surface area contributed by atoms with E-state index in [1.807, 2.05) is 0 Å². The third-order valence-electron chi connectivity index (χ3n) is 3.67. The summed E-state index contributed by atoms with van der Waals surface area (Å²) in [6.45, 7) is 5.50. The molecule has 2 heteroatoms. The van der Waals surface area contributed by atoms with E-state index in [0.717, 1.165) is 12.5 Å². The molecule has 82 valence electrons. The largest absolute Gasteiger partial charge is 0.372 e. The second-order valence-corrected chi connectivity index (χ2v) is 4.97. The summed E-state index contributed by atoms with van der Waals surface area (Å²) >= 11 is 0. The maximum Gasteiger partial charge on any atom is 0.0732 e. The van der Waals surface area contributed by atoms with Crippen LogP contribution in [0.4, 0.5) is 0 Å². The summed E-state index contributed by atoms with van der Waals surface area (Å²) in [5.41, 5.74) is 0. The Kier molecular flexibility index (Phi) is 3.45. The van der Waals surface area contributed by atoms with Gasteiger partial charge >= 0.3 is 0 Å². The van der Waals surface area contributed by atoms with E-state index in [2.05, 4.69) is 19.2 Å². The summed E-state index contributed by atoms with van der Waals surface area (Å²) in [4.78, 5) is 0. The second kappa shape index (κ2) is 4.63. The molecule has 0 spiro atoms. The van der Waals surface area contributed by atoms with E-state index in [1.165, 1.54) is 32.1 Å². The van der Waals surface area contributed by atoms with Crippen LogP contribution in [0.25, 0.3) is 0 Å². The van der Waals surface area contributed by atoms with Crippen LogP contribution in [0.3, 0.4) is 0 Å². The molecule has 14 heavy (non-hydrogen) atoms. The molecule has 0 aromatic carbocycles. The first-order valence-electron chi connectivity index (χ1n) is 6.18. The van der Waals surface area contributed by atoms with Gasteiger partial charge in [-0.15, -0.1) is 0 Å². The van der Waals surface area contributed by atoms with E-state index in [4.69, 9.17) is 4.74 Å². The van der Waals surface area contributed by atoms with Gasteiger partial charge in [-0.1, -0.05) is 19.8 Å². The van der Waals surface area contributed by atoms with Crippen molar-refractivity contribution in [3.63, 3.8) is 0 Å². The minimum Gasteiger partial charge on any atom is -0.372 e. The van der Waals surface area contributed by atoms with E-state index in [9.17, 15) is 0 Å². The van der Waals surface area contributed by atoms with E-state index in [0.29, 0.717) is 18.2 Å². The Morgan fingerprint density at radius 2 is 2.21 bits per heavy atom. The fourth-order valence-corrected chi connectivity index (χ4v) is 2.94. The van der Waals surface area contributed by atoms with Crippen LogP contribution in [0.15, 0.2) is 0 Å². The molecule has 0 aromatic heterocycles. The number of morpholine rings is 1. The molecule has 0 aromatic rings. The highest BCUT2D eigenvalue weighted by Gasteiger charge is 2.34. The molecule has 1 heterocycles. The Labute approximate surface area is 87.4 Å². The minimum atomic E-state index is 0.416. The van der Waals surface area contributed by atoms with Gasteiger partial charge in [0.1, 0.15) is 0 Å². The molecule has 4 atom stereocenters. The Morgan fingerprint density at radius 1 is 1.36 bits per heavy atom. The van der Waals surface area contributed by atoms with Gasteiger partial charge in [-0.3, -0.25) is 0 Å². The van der Waals surface area contributed by atoms with Gasteiger partial charge in [0.25, 0.3) is 0 Å². The molecule has 2 aliphatic rings. The molecule has 0 bridgehead atoms.